The third kappa shape index (κ3) is 5.06. The zero-order chi connectivity index (χ0) is 21.7. The second-order valence-corrected chi connectivity index (χ2v) is 7.90. The molecule has 3 aromatic rings. The van der Waals surface area contributed by atoms with E-state index >= 15 is 0 Å². The van der Waals surface area contributed by atoms with Crippen LogP contribution in [0.3, 0.4) is 0 Å². The number of ether oxygens (including phenoxy) is 2. The summed E-state index contributed by atoms with van der Waals surface area (Å²) in [7, 11) is -2.93. The second-order valence-electron chi connectivity index (χ2n) is 6.22. The molecule has 0 bridgehead atoms. The average molecular weight is 431 g/mol. The van der Waals surface area contributed by atoms with E-state index in [1.165, 1.54) is 30.3 Å². The molecule has 30 heavy (non-hydrogen) atoms. The second kappa shape index (κ2) is 8.83. The van der Waals surface area contributed by atoms with E-state index in [4.69, 9.17) is 4.74 Å². The smallest absolute Gasteiger partial charge is 0.341 e. The van der Waals surface area contributed by atoms with Gasteiger partial charge in [0.25, 0.3) is 10.0 Å². The van der Waals surface area contributed by atoms with E-state index in [-0.39, 0.29) is 28.6 Å². The Labute approximate surface area is 172 Å². The van der Waals surface area contributed by atoms with Gasteiger partial charge in [-0.1, -0.05) is 18.2 Å². The van der Waals surface area contributed by atoms with Crippen LogP contribution in [0.2, 0.25) is 0 Å². The lowest BCUT2D eigenvalue weighted by molar-refractivity contribution is 0.0597. The number of rotatable bonds is 7. The van der Waals surface area contributed by atoms with E-state index in [2.05, 4.69) is 9.46 Å². The maximum atomic E-state index is 13.0. The number of carbonyl (C=O) groups is 1. The van der Waals surface area contributed by atoms with Crippen molar-refractivity contribution in [3.05, 3.63) is 83.7 Å². The number of sulfonamides is 1. The van der Waals surface area contributed by atoms with Crippen molar-refractivity contribution in [3.8, 4) is 11.5 Å². The van der Waals surface area contributed by atoms with Gasteiger partial charge in [-0.3, -0.25) is 4.72 Å². The van der Waals surface area contributed by atoms with Gasteiger partial charge in [-0.05, 0) is 48.0 Å². The number of nitrogens with one attached hydrogen (secondary N) is 1. The van der Waals surface area contributed by atoms with E-state index < -0.39 is 21.7 Å². The summed E-state index contributed by atoms with van der Waals surface area (Å²) in [4.78, 5) is 11.5. The van der Waals surface area contributed by atoms with Crippen LogP contribution in [0.5, 0.6) is 11.5 Å². The van der Waals surface area contributed by atoms with Gasteiger partial charge in [0.1, 0.15) is 29.5 Å². The number of hydrogen-bond donors (Lipinski definition) is 2. The number of phenols is 1. The Hall–Kier alpha value is -3.59. The molecule has 0 aliphatic heterocycles. The summed E-state index contributed by atoms with van der Waals surface area (Å²) in [5, 5.41) is 9.74. The van der Waals surface area contributed by atoms with Gasteiger partial charge in [0, 0.05) is 6.07 Å². The summed E-state index contributed by atoms with van der Waals surface area (Å²) in [6, 6.07) is 15.4. The number of methoxy groups -OCH3 is 1. The van der Waals surface area contributed by atoms with Crippen molar-refractivity contribution in [2.24, 2.45) is 0 Å². The molecule has 0 radical (unpaired) electrons. The maximum absolute atomic E-state index is 13.0. The molecule has 0 saturated heterocycles. The number of hydrogen-bond acceptors (Lipinski definition) is 6. The fourth-order valence-corrected chi connectivity index (χ4v) is 3.64. The van der Waals surface area contributed by atoms with Crippen LogP contribution in [0.15, 0.2) is 71.6 Å². The largest absolute Gasteiger partial charge is 0.507 e. The monoisotopic (exact) mass is 431 g/mol. The SMILES string of the molecule is COC(=O)c1cc(S(=O)(=O)Nc2cccc(OCc3ccc(F)cc3)c2)ccc1O. The highest BCUT2D eigenvalue weighted by molar-refractivity contribution is 7.92. The molecular weight excluding hydrogens is 413 g/mol. The summed E-state index contributed by atoms with van der Waals surface area (Å²) in [5.74, 6) is -1.20. The number of halogens is 1. The zero-order valence-corrected chi connectivity index (χ0v) is 16.6. The molecule has 3 aromatic carbocycles. The van der Waals surface area contributed by atoms with Crippen LogP contribution >= 0.6 is 0 Å². The topological polar surface area (TPSA) is 102 Å². The molecule has 0 amide bonds. The predicted octanol–water partition coefficient (Wildman–Crippen LogP) is 3.70. The first-order valence-corrected chi connectivity index (χ1v) is 10.2. The molecule has 0 heterocycles. The highest BCUT2D eigenvalue weighted by atomic mass is 32.2. The van der Waals surface area contributed by atoms with Crippen LogP contribution in [-0.2, 0) is 21.4 Å². The Bertz CT molecular complexity index is 1160. The molecule has 0 fully saturated rings. The first kappa shape index (κ1) is 21.1. The van der Waals surface area contributed by atoms with Gasteiger partial charge in [0.05, 0.1) is 17.7 Å². The van der Waals surface area contributed by atoms with Gasteiger partial charge < -0.3 is 14.6 Å². The van der Waals surface area contributed by atoms with E-state index in [1.54, 1.807) is 24.3 Å². The van der Waals surface area contributed by atoms with Gasteiger partial charge in [-0.2, -0.15) is 0 Å². The van der Waals surface area contributed by atoms with Crippen molar-refractivity contribution >= 4 is 21.7 Å². The van der Waals surface area contributed by atoms with Gasteiger partial charge in [-0.15, -0.1) is 0 Å². The Balaban J connectivity index is 1.76. The number of phenolic OH excluding ortho intramolecular Hbond substituents is 1. The van der Waals surface area contributed by atoms with Gasteiger partial charge >= 0.3 is 5.97 Å². The molecule has 3 rings (SSSR count). The van der Waals surface area contributed by atoms with Crippen LogP contribution in [0, 0.1) is 5.82 Å². The Kier molecular flexibility index (Phi) is 6.22. The highest BCUT2D eigenvalue weighted by Crippen LogP contribution is 2.25. The summed E-state index contributed by atoms with van der Waals surface area (Å²) < 4.78 is 50.9. The van der Waals surface area contributed by atoms with E-state index in [1.807, 2.05) is 0 Å². The third-order valence-electron chi connectivity index (χ3n) is 4.09. The molecule has 9 heteroatoms. The van der Waals surface area contributed by atoms with Crippen molar-refractivity contribution in [1.82, 2.24) is 0 Å². The molecule has 0 aromatic heterocycles. The summed E-state index contributed by atoms with van der Waals surface area (Å²) in [6.07, 6.45) is 0. The zero-order valence-electron chi connectivity index (χ0n) is 15.8. The van der Waals surface area contributed by atoms with E-state index in [0.29, 0.717) is 5.75 Å². The van der Waals surface area contributed by atoms with Gasteiger partial charge in [0.15, 0.2) is 0 Å². The minimum atomic E-state index is -4.05. The standard InChI is InChI=1S/C21H18FNO6S/c1-28-21(25)19-12-18(9-10-20(19)24)30(26,27)23-16-3-2-4-17(11-16)29-13-14-5-7-15(22)8-6-14/h2-12,23-24H,13H2,1H3. The minimum absolute atomic E-state index is 0.178. The lowest BCUT2D eigenvalue weighted by atomic mass is 10.2. The van der Waals surface area contributed by atoms with Gasteiger partial charge in [0.2, 0.25) is 0 Å². The fourth-order valence-electron chi connectivity index (χ4n) is 2.57. The molecule has 0 unspecified atom stereocenters. The van der Waals surface area contributed by atoms with Crippen LogP contribution in [0.1, 0.15) is 15.9 Å². The van der Waals surface area contributed by atoms with Crippen molar-refractivity contribution in [3.63, 3.8) is 0 Å². The Morgan fingerprint density at radius 3 is 2.50 bits per heavy atom. The van der Waals surface area contributed by atoms with Gasteiger partial charge in [-0.25, -0.2) is 17.6 Å². The third-order valence-corrected chi connectivity index (χ3v) is 5.47. The van der Waals surface area contributed by atoms with Crippen molar-refractivity contribution in [2.45, 2.75) is 11.5 Å². The lowest BCUT2D eigenvalue weighted by Crippen LogP contribution is -2.14. The number of anilines is 1. The quantitative estimate of drug-likeness (QED) is 0.553. The first-order chi connectivity index (χ1) is 14.3. The number of aromatic hydroxyl groups is 1. The normalized spacial score (nSPS) is 11.0. The highest BCUT2D eigenvalue weighted by Gasteiger charge is 2.20. The van der Waals surface area contributed by atoms with Crippen LogP contribution < -0.4 is 9.46 Å². The molecule has 2 N–H and O–H groups in total. The molecular formula is C21H18FNO6S. The summed E-state index contributed by atoms with van der Waals surface area (Å²) in [5.41, 5.74) is 0.720. The fraction of sp³-hybridized carbons (Fsp3) is 0.0952. The number of benzene rings is 3. The molecule has 156 valence electrons. The predicted molar refractivity (Wildman–Crippen MR) is 107 cm³/mol. The molecule has 7 nitrogen and oxygen atoms in total. The first-order valence-electron chi connectivity index (χ1n) is 8.70. The lowest BCUT2D eigenvalue weighted by Gasteiger charge is -2.12. The van der Waals surface area contributed by atoms with Crippen LogP contribution in [0.25, 0.3) is 0 Å². The van der Waals surface area contributed by atoms with Crippen molar-refractivity contribution in [2.75, 3.05) is 11.8 Å². The Morgan fingerprint density at radius 1 is 1.07 bits per heavy atom. The molecule has 0 aliphatic rings. The summed E-state index contributed by atoms with van der Waals surface area (Å²) >= 11 is 0. The Morgan fingerprint density at radius 2 is 1.80 bits per heavy atom. The van der Waals surface area contributed by atoms with E-state index in [9.17, 15) is 22.7 Å². The molecule has 0 aliphatic carbocycles. The molecule has 0 saturated carbocycles. The van der Waals surface area contributed by atoms with Crippen LogP contribution in [0.4, 0.5) is 10.1 Å². The number of esters is 1. The summed E-state index contributed by atoms with van der Waals surface area (Å²) in [6.45, 7) is 0.178. The van der Waals surface area contributed by atoms with Crippen molar-refractivity contribution in [1.29, 1.82) is 0 Å². The maximum Gasteiger partial charge on any atom is 0.341 e. The van der Waals surface area contributed by atoms with Crippen LogP contribution in [-0.4, -0.2) is 26.6 Å². The number of carbonyl (C=O) groups excluding carboxylic acids is 1. The minimum Gasteiger partial charge on any atom is -0.507 e. The van der Waals surface area contributed by atoms with Crippen molar-refractivity contribution < 1.29 is 32.2 Å². The molecule has 0 atom stereocenters. The molecule has 0 spiro atoms. The average Bonchev–Trinajstić information content (AvgIpc) is 2.73. The van der Waals surface area contributed by atoms with E-state index in [0.717, 1.165) is 24.8 Å².